The SMILES string of the molecule is CCS(=O)(=O)N1CCN(Cc2cc(N(C=O)Nc3cccnc3)ccc2F)CC1. The molecule has 0 saturated carbocycles. The summed E-state index contributed by atoms with van der Waals surface area (Å²) < 4.78 is 39.8. The predicted octanol–water partition coefficient (Wildman–Crippen LogP) is 1.68. The second-order valence-corrected chi connectivity index (χ2v) is 8.94. The summed E-state index contributed by atoms with van der Waals surface area (Å²) >= 11 is 0. The van der Waals surface area contributed by atoms with Crippen LogP contribution in [0.1, 0.15) is 12.5 Å². The monoisotopic (exact) mass is 421 g/mol. The van der Waals surface area contributed by atoms with Crippen LogP contribution < -0.4 is 10.4 Å². The van der Waals surface area contributed by atoms with E-state index >= 15 is 0 Å². The van der Waals surface area contributed by atoms with Crippen LogP contribution in [0, 0.1) is 5.82 Å². The summed E-state index contributed by atoms with van der Waals surface area (Å²) in [7, 11) is -3.20. The van der Waals surface area contributed by atoms with Gasteiger partial charge in [0.1, 0.15) is 5.82 Å². The smallest absolute Gasteiger partial charge is 0.232 e. The van der Waals surface area contributed by atoms with Gasteiger partial charge in [-0.05, 0) is 37.3 Å². The molecule has 1 saturated heterocycles. The second kappa shape index (κ2) is 9.29. The quantitative estimate of drug-likeness (QED) is 0.516. The van der Waals surface area contributed by atoms with E-state index in [9.17, 15) is 17.6 Å². The predicted molar refractivity (Wildman–Crippen MR) is 109 cm³/mol. The van der Waals surface area contributed by atoms with Gasteiger partial charge >= 0.3 is 0 Å². The van der Waals surface area contributed by atoms with Crippen molar-refractivity contribution >= 4 is 27.8 Å². The third-order valence-electron chi connectivity index (χ3n) is 4.81. The maximum absolute atomic E-state index is 14.4. The zero-order chi connectivity index (χ0) is 20.9. The Labute approximate surface area is 170 Å². The molecule has 1 amide bonds. The van der Waals surface area contributed by atoms with Crippen LogP contribution in [0.25, 0.3) is 0 Å². The number of aromatic nitrogens is 1. The molecule has 29 heavy (non-hydrogen) atoms. The van der Waals surface area contributed by atoms with Crippen LogP contribution in [0.5, 0.6) is 0 Å². The van der Waals surface area contributed by atoms with Crippen molar-refractivity contribution in [2.24, 2.45) is 0 Å². The zero-order valence-corrected chi connectivity index (χ0v) is 17.0. The number of hydrogen-bond donors (Lipinski definition) is 1. The Kier molecular flexibility index (Phi) is 6.78. The molecule has 1 aromatic carbocycles. The van der Waals surface area contributed by atoms with E-state index in [1.807, 2.05) is 4.90 Å². The van der Waals surface area contributed by atoms with Gasteiger partial charge in [-0.15, -0.1) is 0 Å². The fourth-order valence-electron chi connectivity index (χ4n) is 3.14. The Morgan fingerprint density at radius 3 is 2.62 bits per heavy atom. The van der Waals surface area contributed by atoms with Crippen LogP contribution >= 0.6 is 0 Å². The number of sulfonamides is 1. The molecule has 1 aliphatic heterocycles. The first-order valence-corrected chi connectivity index (χ1v) is 10.9. The average Bonchev–Trinajstić information content (AvgIpc) is 2.75. The highest BCUT2D eigenvalue weighted by molar-refractivity contribution is 7.89. The van der Waals surface area contributed by atoms with E-state index in [-0.39, 0.29) is 11.6 Å². The fourth-order valence-corrected chi connectivity index (χ4v) is 4.23. The minimum atomic E-state index is -3.20. The van der Waals surface area contributed by atoms with Crippen LogP contribution in [0.15, 0.2) is 42.7 Å². The molecule has 0 atom stereocenters. The van der Waals surface area contributed by atoms with Crippen molar-refractivity contribution in [3.05, 3.63) is 54.1 Å². The Morgan fingerprint density at radius 1 is 1.24 bits per heavy atom. The molecule has 8 nitrogen and oxygen atoms in total. The number of pyridine rings is 1. The van der Waals surface area contributed by atoms with Gasteiger partial charge in [-0.25, -0.2) is 17.8 Å². The standard InChI is InChI=1S/C19H24FN5O3S/c1-2-29(27,28)24-10-8-23(9-11-24)14-16-12-18(5-6-19(16)20)25(15-26)22-17-4-3-7-21-13-17/h3-7,12-13,15,22H,2,8-11,14H2,1H3. The number of benzene rings is 1. The Hall–Kier alpha value is -2.56. The molecule has 0 unspecified atom stereocenters. The summed E-state index contributed by atoms with van der Waals surface area (Å²) in [5.41, 5.74) is 4.47. The van der Waals surface area contributed by atoms with Crippen LogP contribution in [-0.2, 0) is 21.4 Å². The summed E-state index contributed by atoms with van der Waals surface area (Å²) in [5, 5.41) is 1.26. The molecule has 2 aromatic rings. The number of hydrogen-bond acceptors (Lipinski definition) is 6. The third kappa shape index (κ3) is 5.28. The molecule has 0 aliphatic carbocycles. The molecular formula is C19H24FN5O3S. The Balaban J connectivity index is 1.68. The van der Waals surface area contributed by atoms with Gasteiger partial charge in [0, 0.05) is 44.5 Å². The number of piperazine rings is 1. The molecule has 1 fully saturated rings. The normalized spacial score (nSPS) is 15.8. The molecule has 3 rings (SSSR count). The van der Waals surface area contributed by atoms with Crippen molar-refractivity contribution in [2.45, 2.75) is 13.5 Å². The third-order valence-corrected chi connectivity index (χ3v) is 6.69. The summed E-state index contributed by atoms with van der Waals surface area (Å²) in [4.78, 5) is 17.5. The molecule has 1 N–H and O–H groups in total. The molecular weight excluding hydrogens is 397 g/mol. The van der Waals surface area contributed by atoms with E-state index in [0.717, 1.165) is 0 Å². The average molecular weight is 421 g/mol. The highest BCUT2D eigenvalue weighted by Gasteiger charge is 2.25. The first-order chi connectivity index (χ1) is 13.9. The van der Waals surface area contributed by atoms with Crippen molar-refractivity contribution in [1.82, 2.24) is 14.2 Å². The molecule has 2 heterocycles. The molecule has 156 valence electrons. The first kappa shape index (κ1) is 21.2. The number of nitrogens with one attached hydrogen (secondary N) is 1. The van der Waals surface area contributed by atoms with E-state index in [1.165, 1.54) is 21.4 Å². The van der Waals surface area contributed by atoms with E-state index < -0.39 is 10.0 Å². The van der Waals surface area contributed by atoms with Crippen molar-refractivity contribution < 1.29 is 17.6 Å². The summed E-state index contributed by atoms with van der Waals surface area (Å²) in [6.45, 7) is 3.78. The molecule has 0 bridgehead atoms. The lowest BCUT2D eigenvalue weighted by molar-refractivity contribution is -0.107. The molecule has 1 aromatic heterocycles. The van der Waals surface area contributed by atoms with Gasteiger partial charge in [0.2, 0.25) is 16.4 Å². The highest BCUT2D eigenvalue weighted by Crippen LogP contribution is 2.21. The molecule has 0 spiro atoms. The highest BCUT2D eigenvalue weighted by atomic mass is 32.2. The number of carbonyl (C=O) groups is 1. The topological polar surface area (TPSA) is 85.9 Å². The van der Waals surface area contributed by atoms with Crippen molar-refractivity contribution in [3.8, 4) is 0 Å². The molecule has 10 heteroatoms. The summed E-state index contributed by atoms with van der Waals surface area (Å²) in [6.07, 6.45) is 3.81. The lowest BCUT2D eigenvalue weighted by atomic mass is 10.1. The van der Waals surface area contributed by atoms with E-state index in [0.29, 0.717) is 56.1 Å². The van der Waals surface area contributed by atoms with Gasteiger partial charge in [-0.3, -0.25) is 20.1 Å². The van der Waals surface area contributed by atoms with Crippen LogP contribution in [0.2, 0.25) is 0 Å². The van der Waals surface area contributed by atoms with Crippen LogP contribution in [0.3, 0.4) is 0 Å². The first-order valence-electron chi connectivity index (χ1n) is 9.32. The maximum Gasteiger partial charge on any atom is 0.232 e. The van der Waals surface area contributed by atoms with E-state index in [4.69, 9.17) is 0 Å². The van der Waals surface area contributed by atoms with Gasteiger partial charge in [0.15, 0.2) is 0 Å². The number of anilines is 2. The summed E-state index contributed by atoms with van der Waals surface area (Å²) in [5.74, 6) is -0.292. The number of rotatable bonds is 8. The minimum absolute atomic E-state index is 0.0785. The maximum atomic E-state index is 14.4. The number of nitrogens with zero attached hydrogens (tertiary/aromatic N) is 4. The number of hydrazine groups is 1. The number of carbonyl (C=O) groups excluding carboxylic acids is 1. The van der Waals surface area contributed by atoms with E-state index in [2.05, 4.69) is 10.4 Å². The lowest BCUT2D eigenvalue weighted by Gasteiger charge is -2.34. The van der Waals surface area contributed by atoms with Gasteiger partial charge < -0.3 is 0 Å². The fraction of sp³-hybridized carbons (Fsp3) is 0.368. The van der Waals surface area contributed by atoms with Gasteiger partial charge in [0.25, 0.3) is 0 Å². The second-order valence-electron chi connectivity index (χ2n) is 6.68. The van der Waals surface area contributed by atoms with Crippen molar-refractivity contribution in [3.63, 3.8) is 0 Å². The summed E-state index contributed by atoms with van der Waals surface area (Å²) in [6, 6.07) is 7.95. The van der Waals surface area contributed by atoms with Crippen LogP contribution in [-0.4, -0.2) is 60.9 Å². The van der Waals surface area contributed by atoms with Gasteiger partial charge in [-0.1, -0.05) is 0 Å². The minimum Gasteiger partial charge on any atom is -0.296 e. The molecule has 0 radical (unpaired) electrons. The van der Waals surface area contributed by atoms with Gasteiger partial charge in [0.05, 0.1) is 23.3 Å². The van der Waals surface area contributed by atoms with E-state index in [1.54, 1.807) is 37.5 Å². The molecule has 1 aliphatic rings. The van der Waals surface area contributed by atoms with Gasteiger partial charge in [-0.2, -0.15) is 4.31 Å². The Bertz CT molecular complexity index is 934. The number of halogens is 1. The van der Waals surface area contributed by atoms with Crippen LogP contribution in [0.4, 0.5) is 15.8 Å². The van der Waals surface area contributed by atoms with Crippen molar-refractivity contribution in [1.29, 1.82) is 0 Å². The van der Waals surface area contributed by atoms with Crippen molar-refractivity contribution in [2.75, 3.05) is 42.4 Å². The largest absolute Gasteiger partial charge is 0.296 e. The zero-order valence-electron chi connectivity index (χ0n) is 16.2. The lowest BCUT2D eigenvalue weighted by Crippen LogP contribution is -2.48. The number of amides is 1. The Morgan fingerprint density at radius 2 is 2.00 bits per heavy atom.